The van der Waals surface area contributed by atoms with Gasteiger partial charge in [-0.3, -0.25) is 4.79 Å². The predicted molar refractivity (Wildman–Crippen MR) is 114 cm³/mol. The molecule has 0 aromatic heterocycles. The highest BCUT2D eigenvalue weighted by Gasteiger charge is 2.27. The Morgan fingerprint density at radius 3 is 2.14 bits per heavy atom. The molecule has 0 fully saturated rings. The molecule has 1 atom stereocenters. The third-order valence-corrected chi connectivity index (χ3v) is 5.86. The second-order valence-electron chi connectivity index (χ2n) is 7.21. The fraction of sp³-hybridized carbons (Fsp3) is 0.174. The van der Waals surface area contributed by atoms with Gasteiger partial charge in [-0.25, -0.2) is 4.39 Å². The number of hydrogen-bond acceptors (Lipinski definition) is 2. The molecule has 6 heteroatoms. The Morgan fingerprint density at radius 2 is 1.55 bits per heavy atom. The van der Waals surface area contributed by atoms with Gasteiger partial charge in [0.15, 0.2) is 0 Å². The molecule has 0 saturated heterocycles. The van der Waals surface area contributed by atoms with E-state index in [-0.39, 0.29) is 10.9 Å². The maximum Gasteiger partial charge on any atom is 0.240 e. The summed E-state index contributed by atoms with van der Waals surface area (Å²) >= 11 is 12.3. The van der Waals surface area contributed by atoms with Crippen molar-refractivity contribution in [1.29, 1.82) is 0 Å². The maximum absolute atomic E-state index is 13.4. The van der Waals surface area contributed by atoms with Gasteiger partial charge >= 0.3 is 0 Å². The fourth-order valence-electron chi connectivity index (χ4n) is 3.62. The summed E-state index contributed by atoms with van der Waals surface area (Å²) in [5.74, 6) is -0.557. The average Bonchev–Trinajstić information content (AvgIpc) is 3.15. The Kier molecular flexibility index (Phi) is 5.59. The van der Waals surface area contributed by atoms with Gasteiger partial charge in [0.05, 0.1) is 11.1 Å². The number of hydrogen-bond donors (Lipinski definition) is 1. The minimum atomic E-state index is -0.673. The first-order chi connectivity index (χ1) is 13.9. The first-order valence-corrected chi connectivity index (χ1v) is 10.0. The van der Waals surface area contributed by atoms with Crippen molar-refractivity contribution in [1.82, 2.24) is 4.90 Å². The van der Waals surface area contributed by atoms with Gasteiger partial charge in [-0.2, -0.15) is 0 Å². The van der Waals surface area contributed by atoms with Gasteiger partial charge < -0.3 is 10.6 Å². The molecule has 1 aliphatic rings. The summed E-state index contributed by atoms with van der Waals surface area (Å²) in [5, 5.41) is 0.567. The lowest BCUT2D eigenvalue weighted by atomic mass is 10.00. The Balaban J connectivity index is 1.46. The number of carbonyl (C=O) groups is 1. The van der Waals surface area contributed by atoms with Crippen LogP contribution in [-0.4, -0.2) is 16.8 Å². The van der Waals surface area contributed by atoms with E-state index in [1.807, 2.05) is 36.4 Å². The minimum Gasteiger partial charge on any atom is -0.333 e. The number of fused-ring (bicyclic) bond motifs is 1. The Morgan fingerprint density at radius 1 is 0.966 bits per heavy atom. The third kappa shape index (κ3) is 4.15. The molecule has 0 spiro atoms. The standard InChI is InChI=1S/C23H19Cl2FN2O/c24-19-9-14(15-7-8-21(26)20(25)10-15)5-6-16(19)11-22(27)23(29)28-12-17-3-1-2-4-18(17)13-28/h1-10,22H,11-13,27H2. The summed E-state index contributed by atoms with van der Waals surface area (Å²) in [5.41, 5.74) is 10.9. The zero-order valence-corrected chi connectivity index (χ0v) is 17.1. The molecule has 3 aromatic carbocycles. The van der Waals surface area contributed by atoms with Crippen molar-refractivity contribution in [3.05, 3.63) is 93.2 Å². The molecular weight excluding hydrogens is 410 g/mol. The molecule has 2 N–H and O–H groups in total. The zero-order valence-electron chi connectivity index (χ0n) is 15.5. The first-order valence-electron chi connectivity index (χ1n) is 9.27. The van der Waals surface area contributed by atoms with Crippen LogP contribution in [0.15, 0.2) is 60.7 Å². The zero-order chi connectivity index (χ0) is 20.5. The summed E-state index contributed by atoms with van der Waals surface area (Å²) in [4.78, 5) is 14.6. The van der Waals surface area contributed by atoms with E-state index in [0.29, 0.717) is 24.5 Å². The number of rotatable bonds is 4. The van der Waals surface area contributed by atoms with Crippen molar-refractivity contribution in [2.45, 2.75) is 25.6 Å². The second kappa shape index (κ2) is 8.15. The fourth-order valence-corrected chi connectivity index (χ4v) is 4.05. The van der Waals surface area contributed by atoms with Crippen molar-refractivity contribution >= 4 is 29.1 Å². The van der Waals surface area contributed by atoms with Crippen LogP contribution >= 0.6 is 23.2 Å². The highest BCUT2D eigenvalue weighted by Crippen LogP contribution is 2.29. The number of benzene rings is 3. The third-order valence-electron chi connectivity index (χ3n) is 5.22. The molecule has 1 aliphatic heterocycles. The lowest BCUT2D eigenvalue weighted by Gasteiger charge is -2.21. The van der Waals surface area contributed by atoms with Crippen molar-refractivity contribution in [3.8, 4) is 11.1 Å². The molecule has 148 valence electrons. The molecule has 1 unspecified atom stereocenters. The number of nitrogens with zero attached hydrogens (tertiary/aromatic N) is 1. The number of amides is 1. The van der Waals surface area contributed by atoms with E-state index in [2.05, 4.69) is 0 Å². The second-order valence-corrected chi connectivity index (χ2v) is 8.02. The van der Waals surface area contributed by atoms with Crippen LogP contribution in [0, 0.1) is 5.82 Å². The quantitative estimate of drug-likeness (QED) is 0.619. The van der Waals surface area contributed by atoms with Gasteiger partial charge in [-0.05, 0) is 52.4 Å². The summed E-state index contributed by atoms with van der Waals surface area (Å²) in [6.45, 7) is 1.17. The van der Waals surface area contributed by atoms with Gasteiger partial charge in [-0.15, -0.1) is 0 Å². The van der Waals surface area contributed by atoms with E-state index in [1.165, 1.54) is 6.07 Å². The molecule has 29 heavy (non-hydrogen) atoms. The molecule has 1 amide bonds. The van der Waals surface area contributed by atoms with Crippen molar-refractivity contribution in [3.63, 3.8) is 0 Å². The molecule has 1 heterocycles. The molecule has 3 nitrogen and oxygen atoms in total. The summed E-state index contributed by atoms with van der Waals surface area (Å²) < 4.78 is 13.4. The lowest BCUT2D eigenvalue weighted by molar-refractivity contribution is -0.133. The van der Waals surface area contributed by atoms with E-state index in [4.69, 9.17) is 28.9 Å². The Hall–Kier alpha value is -2.40. The van der Waals surface area contributed by atoms with Crippen LogP contribution in [0.2, 0.25) is 10.0 Å². The largest absolute Gasteiger partial charge is 0.333 e. The van der Waals surface area contributed by atoms with Gasteiger partial charge in [0, 0.05) is 18.1 Å². The van der Waals surface area contributed by atoms with Gasteiger partial charge in [-0.1, -0.05) is 65.7 Å². The molecule has 3 aromatic rings. The maximum atomic E-state index is 13.4. The Labute approximate surface area is 178 Å². The van der Waals surface area contributed by atoms with Crippen LogP contribution < -0.4 is 5.73 Å². The summed E-state index contributed by atoms with van der Waals surface area (Å²) in [6, 6.07) is 17.4. The molecule has 0 saturated carbocycles. The van der Waals surface area contributed by atoms with Crippen LogP contribution in [0.4, 0.5) is 4.39 Å². The highest BCUT2D eigenvalue weighted by molar-refractivity contribution is 6.32. The Bertz CT molecular complexity index is 1060. The summed E-state index contributed by atoms with van der Waals surface area (Å²) in [6.07, 6.45) is 0.342. The number of carbonyl (C=O) groups excluding carboxylic acids is 1. The van der Waals surface area contributed by atoms with Crippen LogP contribution in [0.3, 0.4) is 0 Å². The van der Waals surface area contributed by atoms with Crippen LogP contribution in [0.25, 0.3) is 11.1 Å². The van der Waals surface area contributed by atoms with Gasteiger partial charge in [0.1, 0.15) is 5.82 Å². The molecule has 4 rings (SSSR count). The van der Waals surface area contributed by atoms with Gasteiger partial charge in [0.2, 0.25) is 5.91 Å². The molecule has 0 radical (unpaired) electrons. The number of halogens is 3. The summed E-state index contributed by atoms with van der Waals surface area (Å²) in [7, 11) is 0. The molecular formula is C23H19Cl2FN2O. The van der Waals surface area contributed by atoms with Crippen molar-refractivity contribution < 1.29 is 9.18 Å². The topological polar surface area (TPSA) is 46.3 Å². The van der Waals surface area contributed by atoms with E-state index in [0.717, 1.165) is 27.8 Å². The first kappa shape index (κ1) is 19.9. The van der Waals surface area contributed by atoms with E-state index in [1.54, 1.807) is 23.1 Å². The van der Waals surface area contributed by atoms with E-state index >= 15 is 0 Å². The van der Waals surface area contributed by atoms with Crippen LogP contribution in [0.1, 0.15) is 16.7 Å². The average molecular weight is 429 g/mol. The normalized spacial score (nSPS) is 14.0. The molecule has 0 aliphatic carbocycles. The minimum absolute atomic E-state index is 0.0573. The van der Waals surface area contributed by atoms with Crippen molar-refractivity contribution in [2.75, 3.05) is 0 Å². The van der Waals surface area contributed by atoms with Crippen LogP contribution in [0.5, 0.6) is 0 Å². The highest BCUT2D eigenvalue weighted by atomic mass is 35.5. The van der Waals surface area contributed by atoms with E-state index in [9.17, 15) is 9.18 Å². The monoisotopic (exact) mass is 428 g/mol. The lowest BCUT2D eigenvalue weighted by Crippen LogP contribution is -2.42. The predicted octanol–water partition coefficient (Wildman–Crippen LogP) is 5.21. The van der Waals surface area contributed by atoms with E-state index < -0.39 is 11.9 Å². The van der Waals surface area contributed by atoms with Crippen molar-refractivity contribution in [2.24, 2.45) is 5.73 Å². The smallest absolute Gasteiger partial charge is 0.240 e. The SMILES string of the molecule is NC(Cc1ccc(-c2ccc(F)c(Cl)c2)cc1Cl)C(=O)N1Cc2ccccc2C1. The number of nitrogens with two attached hydrogens (primary N) is 1. The molecule has 0 bridgehead atoms. The van der Waals surface area contributed by atoms with Gasteiger partial charge in [0.25, 0.3) is 0 Å². The van der Waals surface area contributed by atoms with Crippen LogP contribution in [-0.2, 0) is 24.3 Å².